The predicted molar refractivity (Wildman–Crippen MR) is 237 cm³/mol. The predicted octanol–water partition coefficient (Wildman–Crippen LogP) is 10.2. The summed E-state index contributed by atoms with van der Waals surface area (Å²) in [5.74, 6) is 0.746. The van der Waals surface area contributed by atoms with E-state index in [4.69, 9.17) is 14.4 Å². The number of fused-ring (bicyclic) bond motifs is 9. The van der Waals surface area contributed by atoms with E-state index in [0.29, 0.717) is 0 Å². The first-order chi connectivity index (χ1) is 28.3. The number of hydrogen-bond acceptors (Lipinski definition) is 3. The van der Waals surface area contributed by atoms with Gasteiger partial charge in [0.15, 0.2) is 0 Å². The van der Waals surface area contributed by atoms with Crippen molar-refractivity contribution in [1.29, 1.82) is 0 Å². The van der Waals surface area contributed by atoms with Crippen LogP contribution in [0.15, 0.2) is 205 Å². The number of rotatable bonds is 5. The Balaban J connectivity index is 1.17. The second kappa shape index (κ2) is 12.5. The molecule has 266 valence electrons. The van der Waals surface area contributed by atoms with Crippen LogP contribution in [0, 0.1) is 0 Å². The van der Waals surface area contributed by atoms with Crippen LogP contribution in [0.2, 0.25) is 0 Å². The molecule has 0 bridgehead atoms. The number of hydrogen-bond donors (Lipinski definition) is 0. The number of para-hydroxylation sites is 2. The number of nitrogens with zero attached hydrogens (tertiary/aromatic N) is 3. The van der Waals surface area contributed by atoms with E-state index >= 15 is 0 Å². The Morgan fingerprint density at radius 2 is 1.09 bits per heavy atom. The maximum absolute atomic E-state index is 6.38. The number of benzene rings is 8. The summed E-state index contributed by atoms with van der Waals surface area (Å²) in [4.78, 5) is 11.2. The van der Waals surface area contributed by atoms with Gasteiger partial charge < -0.3 is 0 Å². The number of aromatic nitrogens is 3. The van der Waals surface area contributed by atoms with Crippen LogP contribution >= 0.6 is 0 Å². The molecule has 0 N–H and O–H groups in total. The minimum atomic E-state index is -3.68. The van der Waals surface area contributed by atoms with Crippen LogP contribution in [-0.2, 0) is 0 Å². The molecule has 1 aliphatic heterocycles. The topological polar surface area (TPSA) is 43.9 Å². The average molecular weight is 788 g/mol. The second-order valence-electron chi connectivity index (χ2n) is 14.9. The van der Waals surface area contributed by atoms with Crippen LogP contribution in [0.3, 0.4) is 0 Å². The Morgan fingerprint density at radius 1 is 0.439 bits per heavy atom. The van der Waals surface area contributed by atoms with Crippen molar-refractivity contribution in [2.75, 3.05) is 0 Å². The van der Waals surface area contributed by atoms with Gasteiger partial charge in [-0.15, -0.1) is 0 Å². The summed E-state index contributed by atoms with van der Waals surface area (Å²) in [5, 5.41) is 4.58. The van der Waals surface area contributed by atoms with Gasteiger partial charge in [0.1, 0.15) is 0 Å². The molecule has 0 atom stereocenters. The van der Waals surface area contributed by atoms with Crippen molar-refractivity contribution in [3.8, 4) is 39.5 Å². The molecule has 0 saturated carbocycles. The molecule has 0 fully saturated rings. The Kier molecular flexibility index (Phi) is 7.07. The van der Waals surface area contributed by atoms with Crippen LogP contribution in [0.1, 0.15) is 0 Å². The maximum atomic E-state index is 6.38. The zero-order valence-electron chi connectivity index (χ0n) is 30.8. The van der Waals surface area contributed by atoms with E-state index in [1.807, 2.05) is 12.1 Å². The molecule has 1 aliphatic rings. The van der Waals surface area contributed by atoms with E-state index in [1.165, 1.54) is 28.7 Å². The van der Waals surface area contributed by atoms with Crippen molar-refractivity contribution >= 4 is 74.7 Å². The van der Waals surface area contributed by atoms with Crippen molar-refractivity contribution in [2.45, 2.75) is 0 Å². The van der Waals surface area contributed by atoms with Crippen LogP contribution in [0.5, 0.6) is 0 Å². The van der Waals surface area contributed by atoms with Gasteiger partial charge in [-0.1, -0.05) is 12.1 Å². The van der Waals surface area contributed by atoms with Crippen LogP contribution in [-0.4, -0.2) is 27.8 Å². The standard InChI is InChI=1S/C52H33GeN3O/c1-4-17-34(18-5-1)52-54-50(49-41-27-10-13-28-44(41)53(51(49)55-52,36-20-6-2-7-21-36)37-22-8-3-9-23-37)35-19-16-24-38(31-35)56-45-29-14-11-25-39(45)42-33-48-43(32-46(42)56)40-26-12-15-30-47(40)57-48/h1-33H. The van der Waals surface area contributed by atoms with E-state index in [0.717, 1.165) is 72.3 Å². The van der Waals surface area contributed by atoms with E-state index in [-0.39, 0.29) is 0 Å². The third-order valence-electron chi connectivity index (χ3n) is 11.9. The van der Waals surface area contributed by atoms with Crippen molar-refractivity contribution in [1.82, 2.24) is 14.5 Å². The molecule has 0 unspecified atom stereocenters. The van der Waals surface area contributed by atoms with Gasteiger partial charge in [0.25, 0.3) is 0 Å². The molecule has 3 aromatic heterocycles. The van der Waals surface area contributed by atoms with Crippen molar-refractivity contribution in [2.24, 2.45) is 0 Å². The third kappa shape index (κ3) is 4.68. The zero-order valence-corrected chi connectivity index (χ0v) is 32.9. The monoisotopic (exact) mass is 789 g/mol. The fraction of sp³-hybridized carbons (Fsp3) is 0. The summed E-state index contributed by atoms with van der Waals surface area (Å²) in [6, 6.07) is 72.2. The summed E-state index contributed by atoms with van der Waals surface area (Å²) in [6.45, 7) is 0. The van der Waals surface area contributed by atoms with Crippen molar-refractivity contribution in [3.63, 3.8) is 0 Å². The van der Waals surface area contributed by atoms with Gasteiger partial charge in [0.2, 0.25) is 0 Å². The van der Waals surface area contributed by atoms with E-state index < -0.39 is 13.3 Å². The van der Waals surface area contributed by atoms with Gasteiger partial charge in [-0.05, 0) is 6.07 Å². The molecule has 0 aliphatic carbocycles. The Labute approximate surface area is 331 Å². The van der Waals surface area contributed by atoms with Gasteiger partial charge >= 0.3 is 315 Å². The van der Waals surface area contributed by atoms with Gasteiger partial charge in [-0.3, -0.25) is 0 Å². The van der Waals surface area contributed by atoms with E-state index in [9.17, 15) is 0 Å². The van der Waals surface area contributed by atoms with E-state index in [2.05, 4.69) is 193 Å². The SMILES string of the molecule is c1ccc(-c2nc(-c3cccc(-n4c5ccccc5c5cc6oc7ccccc7c6cc54)c3)c3[c](n2)[Ge]([c]2ccccc2)([c]2ccccc2)[c]2ccccc2-3)cc1. The quantitative estimate of drug-likeness (QED) is 0.163. The summed E-state index contributed by atoms with van der Waals surface area (Å²) >= 11 is -3.68. The Bertz CT molecular complexity index is 3310. The first kappa shape index (κ1) is 32.2. The van der Waals surface area contributed by atoms with Crippen molar-refractivity contribution in [3.05, 3.63) is 200 Å². The first-order valence-corrected chi connectivity index (χ1v) is 23.6. The fourth-order valence-electron chi connectivity index (χ4n) is 9.45. The summed E-state index contributed by atoms with van der Waals surface area (Å²) < 4.78 is 14.1. The Morgan fingerprint density at radius 3 is 1.88 bits per heavy atom. The van der Waals surface area contributed by atoms with Crippen LogP contribution < -0.4 is 17.7 Å². The van der Waals surface area contributed by atoms with Crippen LogP contribution in [0.25, 0.3) is 83.2 Å². The molecular formula is C52H33GeN3O. The van der Waals surface area contributed by atoms with Gasteiger partial charge in [0, 0.05) is 0 Å². The average Bonchev–Trinajstić information content (AvgIpc) is 3.92. The molecule has 0 spiro atoms. The molecule has 0 saturated heterocycles. The number of furan rings is 1. The molecule has 5 heteroatoms. The normalized spacial score (nSPS) is 13.1. The second-order valence-corrected chi connectivity index (χ2v) is 22.6. The summed E-state index contributed by atoms with van der Waals surface area (Å²) in [6.07, 6.45) is 0. The minimum absolute atomic E-state index is 0.746. The molecule has 4 nitrogen and oxygen atoms in total. The summed E-state index contributed by atoms with van der Waals surface area (Å²) in [7, 11) is 0. The molecule has 12 rings (SSSR count). The fourth-order valence-corrected chi connectivity index (χ4v) is 19.9. The van der Waals surface area contributed by atoms with Gasteiger partial charge in [-0.2, -0.15) is 0 Å². The molecule has 8 aromatic carbocycles. The first-order valence-electron chi connectivity index (χ1n) is 19.4. The Hall–Kier alpha value is -7.02. The van der Waals surface area contributed by atoms with Gasteiger partial charge in [-0.25, -0.2) is 0 Å². The molecule has 0 amide bonds. The summed E-state index contributed by atoms with van der Waals surface area (Å²) in [5.41, 5.74) is 10.5. The van der Waals surface area contributed by atoms with Gasteiger partial charge in [0.05, 0.1) is 0 Å². The van der Waals surface area contributed by atoms with Crippen LogP contribution in [0.4, 0.5) is 0 Å². The molecule has 4 heterocycles. The third-order valence-corrected chi connectivity index (χ3v) is 21.8. The molecule has 11 aromatic rings. The van der Waals surface area contributed by atoms with E-state index in [1.54, 1.807) is 0 Å². The zero-order chi connectivity index (χ0) is 37.5. The van der Waals surface area contributed by atoms with Crippen molar-refractivity contribution < 1.29 is 4.42 Å². The molecule has 57 heavy (non-hydrogen) atoms. The molecular weight excluding hydrogens is 755 g/mol. The molecule has 0 radical (unpaired) electrons.